The molecule has 1 heterocycles. The van der Waals surface area contributed by atoms with Crippen LogP contribution in [0.1, 0.15) is 0 Å². The molecule has 1 aromatic heterocycles. The molecule has 0 aliphatic rings. The van der Waals surface area contributed by atoms with Crippen molar-refractivity contribution in [3.8, 4) is 0 Å². The van der Waals surface area contributed by atoms with Crippen molar-refractivity contribution in [3.63, 3.8) is 0 Å². The topological polar surface area (TPSA) is 53.4 Å². The predicted molar refractivity (Wildman–Crippen MR) is 66.7 cm³/mol. The highest BCUT2D eigenvalue weighted by Crippen LogP contribution is 2.26. The highest BCUT2D eigenvalue weighted by atomic mass is 15.2. The van der Waals surface area contributed by atoms with Crippen LogP contribution in [0.15, 0.2) is 65.1 Å². The zero-order valence-electron chi connectivity index (χ0n) is 9.04. The monoisotopic (exact) mass is 222 g/mol. The number of benzene rings is 2. The van der Waals surface area contributed by atoms with Crippen LogP contribution >= 0.6 is 0 Å². The molecule has 0 spiro atoms. The van der Waals surface area contributed by atoms with Gasteiger partial charge in [-0.05, 0) is 11.5 Å². The van der Waals surface area contributed by atoms with Crippen LogP contribution in [0.3, 0.4) is 0 Å². The van der Waals surface area contributed by atoms with Crippen LogP contribution < -0.4 is 0 Å². The van der Waals surface area contributed by atoms with Crippen molar-refractivity contribution < 1.29 is 0 Å². The van der Waals surface area contributed by atoms with Gasteiger partial charge in [-0.3, -0.25) is 0 Å². The lowest BCUT2D eigenvalue weighted by atomic mass is 10.1. The first-order valence-corrected chi connectivity index (χ1v) is 5.32. The van der Waals surface area contributed by atoms with Crippen molar-refractivity contribution in [3.05, 3.63) is 54.9 Å². The van der Waals surface area contributed by atoms with Gasteiger partial charge in [-0.15, -0.1) is 10.2 Å². The highest BCUT2D eigenvalue weighted by Gasteiger charge is 1.98. The molecule has 4 nitrogen and oxygen atoms in total. The highest BCUT2D eigenvalue weighted by molar-refractivity contribution is 5.92. The van der Waals surface area contributed by atoms with Gasteiger partial charge in [-0.2, -0.15) is 0 Å². The number of fused-ring (bicyclic) bond motifs is 1. The Morgan fingerprint density at radius 2 is 1.82 bits per heavy atom. The van der Waals surface area contributed by atoms with Crippen LogP contribution in [-0.2, 0) is 0 Å². The van der Waals surface area contributed by atoms with Crippen molar-refractivity contribution >= 4 is 22.4 Å². The Bertz CT molecular complexity index is 651. The van der Waals surface area contributed by atoms with Crippen LogP contribution in [-0.4, -0.2) is 9.97 Å². The second-order valence-electron chi connectivity index (χ2n) is 3.61. The number of aromatic amines is 1. The van der Waals surface area contributed by atoms with Crippen LogP contribution in [0, 0.1) is 0 Å². The molecule has 2 aromatic carbocycles. The van der Waals surface area contributed by atoms with Gasteiger partial charge in [0.15, 0.2) is 0 Å². The normalized spacial score (nSPS) is 11.3. The van der Waals surface area contributed by atoms with Crippen molar-refractivity contribution in [2.75, 3.05) is 0 Å². The molecule has 1 N–H and O–H groups in total. The lowest BCUT2D eigenvalue weighted by molar-refractivity contribution is 1.13. The van der Waals surface area contributed by atoms with Gasteiger partial charge in [-0.25, -0.2) is 4.98 Å². The van der Waals surface area contributed by atoms with E-state index in [0.29, 0.717) is 5.95 Å². The van der Waals surface area contributed by atoms with E-state index in [9.17, 15) is 0 Å². The molecule has 3 rings (SSSR count). The summed E-state index contributed by atoms with van der Waals surface area (Å²) in [7, 11) is 0. The zero-order valence-corrected chi connectivity index (χ0v) is 9.04. The first kappa shape index (κ1) is 9.72. The van der Waals surface area contributed by atoms with Gasteiger partial charge in [0.25, 0.3) is 0 Å². The van der Waals surface area contributed by atoms with E-state index in [-0.39, 0.29) is 0 Å². The van der Waals surface area contributed by atoms with Crippen LogP contribution in [0.5, 0.6) is 0 Å². The Balaban J connectivity index is 2.06. The third-order valence-corrected chi connectivity index (χ3v) is 2.50. The molecule has 0 unspecified atom stereocenters. The number of azo groups is 1. The summed E-state index contributed by atoms with van der Waals surface area (Å²) in [5.41, 5.74) is 0.847. The first-order chi connectivity index (χ1) is 8.43. The van der Waals surface area contributed by atoms with Crippen LogP contribution in [0.4, 0.5) is 11.6 Å². The summed E-state index contributed by atoms with van der Waals surface area (Å²) < 4.78 is 0. The Morgan fingerprint density at radius 3 is 2.71 bits per heavy atom. The first-order valence-electron chi connectivity index (χ1n) is 5.32. The average molecular weight is 222 g/mol. The molecule has 3 aromatic rings. The van der Waals surface area contributed by atoms with E-state index in [1.54, 1.807) is 12.4 Å². The molecule has 0 atom stereocenters. The van der Waals surface area contributed by atoms with E-state index in [1.807, 2.05) is 30.3 Å². The molecule has 82 valence electrons. The molecule has 0 radical (unpaired) electrons. The Morgan fingerprint density at radius 1 is 0.941 bits per heavy atom. The third-order valence-electron chi connectivity index (χ3n) is 2.50. The number of hydrogen-bond donors (Lipinski definition) is 1. The number of nitrogens with zero attached hydrogens (tertiary/aromatic N) is 3. The minimum Gasteiger partial charge on any atom is -0.328 e. The largest absolute Gasteiger partial charge is 0.328 e. The fourth-order valence-electron chi connectivity index (χ4n) is 1.71. The second-order valence-corrected chi connectivity index (χ2v) is 3.61. The molecule has 0 amide bonds. The lowest BCUT2D eigenvalue weighted by Crippen LogP contribution is -1.72. The maximum Gasteiger partial charge on any atom is 0.246 e. The van der Waals surface area contributed by atoms with Crippen LogP contribution in [0.25, 0.3) is 10.8 Å². The van der Waals surface area contributed by atoms with Gasteiger partial charge in [0, 0.05) is 17.8 Å². The second kappa shape index (κ2) is 4.17. The molecule has 0 saturated heterocycles. The molecule has 0 aliphatic heterocycles. The quantitative estimate of drug-likeness (QED) is 0.655. The van der Waals surface area contributed by atoms with Crippen molar-refractivity contribution in [2.45, 2.75) is 0 Å². The predicted octanol–water partition coefficient (Wildman–Crippen LogP) is 3.98. The maximum atomic E-state index is 4.21. The molecule has 17 heavy (non-hydrogen) atoms. The molecule has 0 aliphatic carbocycles. The number of imidazole rings is 1. The molecule has 0 saturated carbocycles. The van der Waals surface area contributed by atoms with Crippen molar-refractivity contribution in [1.29, 1.82) is 0 Å². The standard InChI is InChI=1S/C13H10N4/c1-2-6-11-10(4-1)5-3-7-12(11)16-17-13-14-8-9-15-13/h1-9H,(H,14,15). The lowest BCUT2D eigenvalue weighted by Gasteiger charge is -1.99. The minimum atomic E-state index is 0.512. The molecule has 0 fully saturated rings. The SMILES string of the molecule is c1ccc2c(N=Nc3ncc[nH]3)cccc2c1. The number of aromatic nitrogens is 2. The van der Waals surface area contributed by atoms with Crippen LogP contribution in [0.2, 0.25) is 0 Å². The van der Waals surface area contributed by atoms with Gasteiger partial charge in [0.1, 0.15) is 0 Å². The third kappa shape index (κ3) is 1.92. The minimum absolute atomic E-state index is 0.512. The maximum absolute atomic E-state index is 4.21. The van der Waals surface area contributed by atoms with E-state index in [1.165, 1.54) is 0 Å². The number of hydrogen-bond acceptors (Lipinski definition) is 3. The van der Waals surface area contributed by atoms with Crippen molar-refractivity contribution in [2.24, 2.45) is 10.2 Å². The Hall–Kier alpha value is -2.49. The Kier molecular flexibility index (Phi) is 2.38. The summed E-state index contributed by atoms with van der Waals surface area (Å²) in [6.07, 6.45) is 3.37. The van der Waals surface area contributed by atoms with E-state index in [0.717, 1.165) is 16.5 Å². The number of rotatable bonds is 2. The summed E-state index contributed by atoms with van der Waals surface area (Å²) in [6.45, 7) is 0. The Labute approximate surface area is 98.0 Å². The smallest absolute Gasteiger partial charge is 0.246 e. The molecule has 4 heteroatoms. The summed E-state index contributed by atoms with van der Waals surface area (Å²) >= 11 is 0. The van der Waals surface area contributed by atoms with Gasteiger partial charge in [0.2, 0.25) is 5.95 Å². The fraction of sp³-hybridized carbons (Fsp3) is 0. The van der Waals surface area contributed by atoms with E-state index < -0.39 is 0 Å². The van der Waals surface area contributed by atoms with E-state index in [4.69, 9.17) is 0 Å². The van der Waals surface area contributed by atoms with Gasteiger partial charge in [0.05, 0.1) is 5.69 Å². The van der Waals surface area contributed by atoms with Gasteiger partial charge < -0.3 is 4.98 Å². The van der Waals surface area contributed by atoms with Crippen molar-refractivity contribution in [1.82, 2.24) is 9.97 Å². The summed E-state index contributed by atoms with van der Waals surface area (Å²) in [5.74, 6) is 0.512. The summed E-state index contributed by atoms with van der Waals surface area (Å²) in [5, 5.41) is 10.5. The van der Waals surface area contributed by atoms with Gasteiger partial charge >= 0.3 is 0 Å². The number of nitrogens with one attached hydrogen (secondary N) is 1. The van der Waals surface area contributed by atoms with E-state index >= 15 is 0 Å². The molecular weight excluding hydrogens is 212 g/mol. The fourth-order valence-corrected chi connectivity index (χ4v) is 1.71. The molecular formula is C13H10N4. The average Bonchev–Trinajstić information content (AvgIpc) is 2.89. The number of H-pyrrole nitrogens is 1. The zero-order chi connectivity index (χ0) is 11.5. The van der Waals surface area contributed by atoms with Gasteiger partial charge in [-0.1, -0.05) is 36.4 Å². The summed E-state index contributed by atoms with van der Waals surface area (Å²) in [4.78, 5) is 6.88. The summed E-state index contributed by atoms with van der Waals surface area (Å²) in [6, 6.07) is 14.1. The van der Waals surface area contributed by atoms with E-state index in [2.05, 4.69) is 32.3 Å². The molecule has 0 bridgehead atoms.